The molecule has 1 aromatic rings. The molecule has 0 amide bonds. The summed E-state index contributed by atoms with van der Waals surface area (Å²) in [5.41, 5.74) is 1.19. The molecule has 1 rings (SSSR count). The Bertz CT molecular complexity index is 384. The van der Waals surface area contributed by atoms with Crippen molar-refractivity contribution in [1.29, 1.82) is 0 Å². The lowest BCUT2D eigenvalue weighted by atomic mass is 10.2. The fourth-order valence-electron chi connectivity index (χ4n) is 1.58. The van der Waals surface area contributed by atoms with Crippen molar-refractivity contribution in [2.45, 2.75) is 19.9 Å². The number of benzene rings is 1. The molecule has 0 unspecified atom stereocenters. The van der Waals surface area contributed by atoms with Gasteiger partial charge in [0, 0.05) is 38.4 Å². The number of thiocarbonyl (C=S) groups is 1. The van der Waals surface area contributed by atoms with Crippen LogP contribution in [0.25, 0.3) is 0 Å². The third-order valence-corrected chi connectivity index (χ3v) is 3.33. The van der Waals surface area contributed by atoms with Crippen LogP contribution in [0.5, 0.6) is 0 Å². The summed E-state index contributed by atoms with van der Waals surface area (Å²) in [5, 5.41) is 4.73. The van der Waals surface area contributed by atoms with Crippen LogP contribution in [0.15, 0.2) is 24.3 Å². The predicted molar refractivity (Wildman–Crippen MR) is 84.6 cm³/mol. The van der Waals surface area contributed by atoms with Gasteiger partial charge < -0.3 is 15.0 Å². The first-order valence-corrected chi connectivity index (χ1v) is 7.23. The Balaban J connectivity index is 2.26. The molecule has 0 aliphatic heterocycles. The first-order chi connectivity index (χ1) is 9.13. The molecule has 0 heterocycles. The number of hydrogen-bond acceptors (Lipinski definition) is 2. The van der Waals surface area contributed by atoms with Crippen LogP contribution < -0.4 is 5.32 Å². The van der Waals surface area contributed by atoms with Crippen molar-refractivity contribution in [2.24, 2.45) is 0 Å². The van der Waals surface area contributed by atoms with Crippen molar-refractivity contribution in [2.75, 3.05) is 26.8 Å². The zero-order valence-corrected chi connectivity index (χ0v) is 13.1. The molecule has 0 aliphatic carbocycles. The number of hydrogen-bond donors (Lipinski definition) is 1. The van der Waals surface area contributed by atoms with Crippen LogP contribution in [-0.4, -0.2) is 36.8 Å². The molecule has 1 N–H and O–H groups in total. The number of ether oxygens (including phenoxy) is 1. The van der Waals surface area contributed by atoms with Gasteiger partial charge in [-0.05, 0) is 43.3 Å². The maximum atomic E-state index is 5.86. The fraction of sp³-hybridized carbons (Fsp3) is 0.500. The molecule has 0 aliphatic rings. The number of nitrogens with one attached hydrogen (secondary N) is 1. The van der Waals surface area contributed by atoms with E-state index < -0.39 is 0 Å². The van der Waals surface area contributed by atoms with E-state index in [9.17, 15) is 0 Å². The van der Waals surface area contributed by atoms with E-state index in [-0.39, 0.29) is 0 Å². The average molecular weight is 301 g/mol. The molecule has 0 atom stereocenters. The Kier molecular flexibility index (Phi) is 7.79. The third kappa shape index (κ3) is 6.76. The van der Waals surface area contributed by atoms with Crippen LogP contribution >= 0.6 is 23.8 Å². The largest absolute Gasteiger partial charge is 0.382 e. The van der Waals surface area contributed by atoms with Gasteiger partial charge in [-0.25, -0.2) is 0 Å². The second-order valence-electron chi connectivity index (χ2n) is 4.26. The predicted octanol–water partition coefficient (Wildman–Crippen LogP) is 3.07. The maximum absolute atomic E-state index is 5.86. The lowest BCUT2D eigenvalue weighted by Gasteiger charge is -2.21. The summed E-state index contributed by atoms with van der Waals surface area (Å²) >= 11 is 11.2. The van der Waals surface area contributed by atoms with E-state index in [0.29, 0.717) is 0 Å². The standard InChI is InChI=1S/C14H21ClN2OS/c1-3-18-10-4-9-16-14(19)17(2)11-12-5-7-13(15)8-6-12/h5-8H,3-4,9-11H2,1-2H3,(H,16,19). The Morgan fingerprint density at radius 1 is 1.37 bits per heavy atom. The lowest BCUT2D eigenvalue weighted by molar-refractivity contribution is 0.145. The molecule has 0 saturated carbocycles. The first-order valence-electron chi connectivity index (χ1n) is 6.44. The zero-order valence-electron chi connectivity index (χ0n) is 11.5. The van der Waals surface area contributed by atoms with Crippen LogP contribution in [-0.2, 0) is 11.3 Å². The van der Waals surface area contributed by atoms with Crippen molar-refractivity contribution in [3.63, 3.8) is 0 Å². The molecule has 1 aromatic carbocycles. The normalized spacial score (nSPS) is 10.3. The quantitative estimate of drug-likeness (QED) is 0.618. The minimum Gasteiger partial charge on any atom is -0.382 e. The van der Waals surface area contributed by atoms with Gasteiger partial charge in [0.15, 0.2) is 5.11 Å². The SMILES string of the molecule is CCOCCCNC(=S)N(C)Cc1ccc(Cl)cc1. The smallest absolute Gasteiger partial charge is 0.168 e. The molecule has 5 heteroatoms. The summed E-state index contributed by atoms with van der Waals surface area (Å²) in [5.74, 6) is 0. The van der Waals surface area contributed by atoms with Crippen molar-refractivity contribution in [3.05, 3.63) is 34.9 Å². The van der Waals surface area contributed by atoms with E-state index in [0.717, 1.165) is 42.9 Å². The molecule has 19 heavy (non-hydrogen) atoms. The van der Waals surface area contributed by atoms with E-state index in [2.05, 4.69) is 5.32 Å². The van der Waals surface area contributed by atoms with Crippen LogP contribution in [0.4, 0.5) is 0 Å². The van der Waals surface area contributed by atoms with Gasteiger partial charge in [0.2, 0.25) is 0 Å². The van der Waals surface area contributed by atoms with Crippen LogP contribution in [0, 0.1) is 0 Å². The van der Waals surface area contributed by atoms with Crippen molar-refractivity contribution >= 4 is 28.9 Å². The van der Waals surface area contributed by atoms with Gasteiger partial charge in [0.1, 0.15) is 0 Å². The third-order valence-electron chi connectivity index (χ3n) is 2.63. The van der Waals surface area contributed by atoms with E-state index in [1.54, 1.807) is 0 Å². The van der Waals surface area contributed by atoms with Gasteiger partial charge in [-0.1, -0.05) is 23.7 Å². The van der Waals surface area contributed by atoms with Crippen LogP contribution in [0.1, 0.15) is 18.9 Å². The highest BCUT2D eigenvalue weighted by Gasteiger charge is 2.04. The van der Waals surface area contributed by atoms with Crippen molar-refractivity contribution in [1.82, 2.24) is 10.2 Å². The highest BCUT2D eigenvalue weighted by atomic mass is 35.5. The summed E-state index contributed by atoms with van der Waals surface area (Å²) in [6, 6.07) is 7.81. The number of rotatable bonds is 7. The highest BCUT2D eigenvalue weighted by molar-refractivity contribution is 7.80. The van der Waals surface area contributed by atoms with Gasteiger partial charge in [0.25, 0.3) is 0 Å². The second kappa shape index (κ2) is 9.13. The van der Waals surface area contributed by atoms with Gasteiger partial charge >= 0.3 is 0 Å². The Hall–Kier alpha value is -0.840. The summed E-state index contributed by atoms with van der Waals surface area (Å²) in [6.45, 7) is 5.14. The Labute approximate surface area is 125 Å². The second-order valence-corrected chi connectivity index (χ2v) is 5.09. The van der Waals surface area contributed by atoms with E-state index in [1.807, 2.05) is 43.1 Å². The number of halogens is 1. The monoisotopic (exact) mass is 300 g/mol. The molecule has 0 aromatic heterocycles. The van der Waals surface area contributed by atoms with Crippen LogP contribution in [0.3, 0.4) is 0 Å². The van der Waals surface area contributed by atoms with Gasteiger partial charge in [0.05, 0.1) is 0 Å². The minimum atomic E-state index is 0.753. The lowest BCUT2D eigenvalue weighted by Crippen LogP contribution is -2.37. The number of nitrogens with zero attached hydrogens (tertiary/aromatic N) is 1. The maximum Gasteiger partial charge on any atom is 0.168 e. The van der Waals surface area contributed by atoms with Gasteiger partial charge in [-0.3, -0.25) is 0 Å². The summed E-state index contributed by atoms with van der Waals surface area (Å²) < 4.78 is 5.27. The Morgan fingerprint density at radius 2 is 2.05 bits per heavy atom. The topological polar surface area (TPSA) is 24.5 Å². The van der Waals surface area contributed by atoms with Crippen molar-refractivity contribution in [3.8, 4) is 0 Å². The summed E-state index contributed by atoms with van der Waals surface area (Å²) in [4.78, 5) is 2.01. The molecule has 0 radical (unpaired) electrons. The highest BCUT2D eigenvalue weighted by Crippen LogP contribution is 2.10. The molecule has 0 bridgehead atoms. The minimum absolute atomic E-state index is 0.753. The van der Waals surface area contributed by atoms with E-state index in [1.165, 1.54) is 5.56 Å². The average Bonchev–Trinajstić information content (AvgIpc) is 2.41. The zero-order chi connectivity index (χ0) is 14.1. The molecule has 0 fully saturated rings. The van der Waals surface area contributed by atoms with Crippen molar-refractivity contribution < 1.29 is 4.74 Å². The molecule has 3 nitrogen and oxygen atoms in total. The summed E-state index contributed by atoms with van der Waals surface area (Å²) in [7, 11) is 1.98. The Morgan fingerprint density at radius 3 is 2.68 bits per heavy atom. The van der Waals surface area contributed by atoms with E-state index >= 15 is 0 Å². The first kappa shape index (κ1) is 16.2. The fourth-order valence-corrected chi connectivity index (χ4v) is 1.88. The molecule has 0 saturated heterocycles. The summed E-state index contributed by atoms with van der Waals surface area (Å²) in [6.07, 6.45) is 0.961. The molecule has 0 spiro atoms. The van der Waals surface area contributed by atoms with E-state index in [4.69, 9.17) is 28.6 Å². The molecular weight excluding hydrogens is 280 g/mol. The molecular formula is C14H21ClN2OS. The van der Waals surface area contributed by atoms with Gasteiger partial charge in [-0.2, -0.15) is 0 Å². The van der Waals surface area contributed by atoms with Gasteiger partial charge in [-0.15, -0.1) is 0 Å². The van der Waals surface area contributed by atoms with Crippen LogP contribution in [0.2, 0.25) is 5.02 Å². The molecule has 106 valence electrons.